The number of nitrogens with two attached hydrogens (primary N) is 1. The van der Waals surface area contributed by atoms with Crippen molar-refractivity contribution in [3.05, 3.63) is 35.4 Å². The predicted octanol–water partition coefficient (Wildman–Crippen LogP) is 2.91. The quantitative estimate of drug-likeness (QED) is 0.808. The van der Waals surface area contributed by atoms with Crippen LogP contribution in [-0.2, 0) is 17.9 Å². The molecule has 1 aliphatic heterocycles. The zero-order valence-electron chi connectivity index (χ0n) is 15.4. The molecular weight excluding hydrogens is 298 g/mol. The van der Waals surface area contributed by atoms with Crippen LogP contribution in [0.5, 0.6) is 0 Å². The minimum Gasteiger partial charge on any atom is -0.351 e. The van der Waals surface area contributed by atoms with E-state index in [9.17, 15) is 4.79 Å². The fourth-order valence-corrected chi connectivity index (χ4v) is 3.70. The van der Waals surface area contributed by atoms with Crippen molar-refractivity contribution in [2.24, 2.45) is 17.6 Å². The average Bonchev–Trinajstić information content (AvgIpc) is 2.53. The number of hydrogen-bond acceptors (Lipinski definition) is 3. The first-order chi connectivity index (χ1) is 11.5. The standard InChI is InChI=1S/C20H33N3O/c1-4-5-19(21)20(24)22-11-17-6-8-18(9-7-17)14-23-12-15(2)10-16(3)13-23/h6-9,15-16,19H,4-5,10-14,21H2,1-3H3,(H,22,24). The number of carbonyl (C=O) groups excluding carboxylic acids is 1. The number of amides is 1. The van der Waals surface area contributed by atoms with Crippen LogP contribution in [0.15, 0.2) is 24.3 Å². The summed E-state index contributed by atoms with van der Waals surface area (Å²) in [4.78, 5) is 14.4. The lowest BCUT2D eigenvalue weighted by atomic mass is 9.91. The summed E-state index contributed by atoms with van der Waals surface area (Å²) in [7, 11) is 0. The van der Waals surface area contributed by atoms with Crippen molar-refractivity contribution in [1.82, 2.24) is 10.2 Å². The number of nitrogens with zero attached hydrogens (tertiary/aromatic N) is 1. The lowest BCUT2D eigenvalue weighted by Crippen LogP contribution is -2.40. The number of nitrogens with one attached hydrogen (secondary N) is 1. The number of rotatable bonds is 7. The van der Waals surface area contributed by atoms with Gasteiger partial charge in [0.1, 0.15) is 0 Å². The Balaban J connectivity index is 1.81. The second kappa shape index (κ2) is 9.19. The summed E-state index contributed by atoms with van der Waals surface area (Å²) >= 11 is 0. The van der Waals surface area contributed by atoms with Crippen molar-refractivity contribution in [2.45, 2.75) is 59.2 Å². The zero-order valence-corrected chi connectivity index (χ0v) is 15.4. The van der Waals surface area contributed by atoms with E-state index in [0.717, 1.165) is 36.8 Å². The van der Waals surface area contributed by atoms with Gasteiger partial charge in [-0.2, -0.15) is 0 Å². The molecular formula is C20H33N3O. The maximum atomic E-state index is 11.9. The second-order valence-electron chi connectivity index (χ2n) is 7.57. The molecule has 1 amide bonds. The molecule has 3 N–H and O–H groups in total. The minimum atomic E-state index is -0.391. The Bertz CT molecular complexity index is 504. The Morgan fingerprint density at radius 1 is 1.21 bits per heavy atom. The molecule has 4 heteroatoms. The van der Waals surface area contributed by atoms with E-state index < -0.39 is 6.04 Å². The van der Waals surface area contributed by atoms with E-state index in [1.165, 1.54) is 25.1 Å². The molecule has 134 valence electrons. The SMILES string of the molecule is CCCC(N)C(=O)NCc1ccc(CN2CC(C)CC(C)C2)cc1. The third-order valence-electron chi connectivity index (χ3n) is 4.78. The number of benzene rings is 1. The average molecular weight is 332 g/mol. The Labute approximate surface area is 146 Å². The van der Waals surface area contributed by atoms with Crippen LogP contribution in [0.4, 0.5) is 0 Å². The Kier molecular flexibility index (Phi) is 7.25. The van der Waals surface area contributed by atoms with Gasteiger partial charge in [0.15, 0.2) is 0 Å². The van der Waals surface area contributed by atoms with Crippen LogP contribution >= 0.6 is 0 Å². The van der Waals surface area contributed by atoms with E-state index in [4.69, 9.17) is 5.73 Å². The topological polar surface area (TPSA) is 58.4 Å². The fourth-order valence-electron chi connectivity index (χ4n) is 3.70. The van der Waals surface area contributed by atoms with Crippen molar-refractivity contribution in [3.8, 4) is 0 Å². The molecule has 0 radical (unpaired) electrons. The molecule has 0 saturated carbocycles. The van der Waals surface area contributed by atoms with E-state index in [1.807, 2.05) is 6.92 Å². The van der Waals surface area contributed by atoms with E-state index in [-0.39, 0.29) is 5.91 Å². The first-order valence-corrected chi connectivity index (χ1v) is 9.31. The maximum absolute atomic E-state index is 11.9. The molecule has 3 unspecified atom stereocenters. The second-order valence-corrected chi connectivity index (χ2v) is 7.57. The first-order valence-electron chi connectivity index (χ1n) is 9.31. The highest BCUT2D eigenvalue weighted by Gasteiger charge is 2.21. The third-order valence-corrected chi connectivity index (χ3v) is 4.78. The molecule has 0 bridgehead atoms. The van der Waals surface area contributed by atoms with Gasteiger partial charge in [-0.3, -0.25) is 9.69 Å². The molecule has 1 aromatic carbocycles. The number of piperidine rings is 1. The normalized spacial score (nSPS) is 23.0. The predicted molar refractivity (Wildman–Crippen MR) is 99.4 cm³/mol. The van der Waals surface area contributed by atoms with Crippen molar-refractivity contribution in [1.29, 1.82) is 0 Å². The molecule has 1 heterocycles. The highest BCUT2D eigenvalue weighted by atomic mass is 16.2. The van der Waals surface area contributed by atoms with E-state index in [1.54, 1.807) is 0 Å². The van der Waals surface area contributed by atoms with Gasteiger partial charge in [-0.15, -0.1) is 0 Å². The summed E-state index contributed by atoms with van der Waals surface area (Å²) < 4.78 is 0. The fraction of sp³-hybridized carbons (Fsp3) is 0.650. The van der Waals surface area contributed by atoms with Gasteiger partial charge >= 0.3 is 0 Å². The summed E-state index contributed by atoms with van der Waals surface area (Å²) in [5.74, 6) is 1.52. The lowest BCUT2D eigenvalue weighted by Gasteiger charge is -2.35. The van der Waals surface area contributed by atoms with Crippen LogP contribution in [0.3, 0.4) is 0 Å². The molecule has 4 nitrogen and oxygen atoms in total. The molecule has 24 heavy (non-hydrogen) atoms. The molecule has 0 spiro atoms. The van der Waals surface area contributed by atoms with E-state index in [2.05, 4.69) is 48.3 Å². The Morgan fingerprint density at radius 2 is 1.79 bits per heavy atom. The van der Waals surface area contributed by atoms with Crippen molar-refractivity contribution in [2.75, 3.05) is 13.1 Å². The Hall–Kier alpha value is -1.39. The molecule has 1 aliphatic rings. The van der Waals surface area contributed by atoms with Crippen LogP contribution < -0.4 is 11.1 Å². The minimum absolute atomic E-state index is 0.0581. The third kappa shape index (κ3) is 5.91. The lowest BCUT2D eigenvalue weighted by molar-refractivity contribution is -0.122. The van der Waals surface area contributed by atoms with Crippen LogP contribution in [0.2, 0.25) is 0 Å². The van der Waals surface area contributed by atoms with Crippen molar-refractivity contribution < 1.29 is 4.79 Å². The van der Waals surface area contributed by atoms with Gasteiger partial charge in [0.05, 0.1) is 6.04 Å². The smallest absolute Gasteiger partial charge is 0.237 e. The molecule has 0 aromatic heterocycles. The maximum Gasteiger partial charge on any atom is 0.237 e. The molecule has 1 saturated heterocycles. The number of carbonyl (C=O) groups is 1. The van der Waals surface area contributed by atoms with Crippen LogP contribution in [0.25, 0.3) is 0 Å². The number of likely N-dealkylation sites (tertiary alicyclic amines) is 1. The zero-order chi connectivity index (χ0) is 17.5. The Morgan fingerprint density at radius 3 is 2.38 bits per heavy atom. The highest BCUT2D eigenvalue weighted by Crippen LogP contribution is 2.22. The van der Waals surface area contributed by atoms with Gasteiger partial charge in [-0.1, -0.05) is 51.5 Å². The summed E-state index contributed by atoms with van der Waals surface area (Å²) in [6, 6.07) is 8.18. The molecule has 1 aromatic rings. The number of hydrogen-bond donors (Lipinski definition) is 2. The van der Waals surface area contributed by atoms with Gasteiger partial charge < -0.3 is 11.1 Å². The van der Waals surface area contributed by atoms with Gasteiger partial charge in [-0.25, -0.2) is 0 Å². The molecule has 3 atom stereocenters. The molecule has 1 fully saturated rings. The van der Waals surface area contributed by atoms with E-state index >= 15 is 0 Å². The van der Waals surface area contributed by atoms with E-state index in [0.29, 0.717) is 6.54 Å². The van der Waals surface area contributed by atoms with Crippen molar-refractivity contribution in [3.63, 3.8) is 0 Å². The van der Waals surface area contributed by atoms with Crippen molar-refractivity contribution >= 4 is 5.91 Å². The summed E-state index contributed by atoms with van der Waals surface area (Å²) in [5.41, 5.74) is 8.29. The van der Waals surface area contributed by atoms with Gasteiger partial charge in [0.2, 0.25) is 5.91 Å². The highest BCUT2D eigenvalue weighted by molar-refractivity contribution is 5.81. The molecule has 0 aliphatic carbocycles. The largest absolute Gasteiger partial charge is 0.351 e. The molecule has 2 rings (SSSR count). The van der Waals surface area contributed by atoms with Crippen LogP contribution in [-0.4, -0.2) is 29.9 Å². The monoisotopic (exact) mass is 331 g/mol. The van der Waals surface area contributed by atoms with Gasteiger partial charge in [-0.05, 0) is 35.8 Å². The summed E-state index contributed by atoms with van der Waals surface area (Å²) in [5, 5.41) is 2.92. The van der Waals surface area contributed by atoms with Crippen LogP contribution in [0, 0.1) is 11.8 Å². The van der Waals surface area contributed by atoms with Gasteiger partial charge in [0.25, 0.3) is 0 Å². The van der Waals surface area contributed by atoms with Crippen LogP contribution in [0.1, 0.15) is 51.2 Å². The summed E-state index contributed by atoms with van der Waals surface area (Å²) in [6.45, 7) is 10.7. The first kappa shape index (κ1) is 18.9. The van der Waals surface area contributed by atoms with Gasteiger partial charge in [0, 0.05) is 26.2 Å². The summed E-state index contributed by atoms with van der Waals surface area (Å²) in [6.07, 6.45) is 3.00.